The Morgan fingerprint density at radius 3 is 2.63 bits per heavy atom. The number of tetrazole rings is 1. The third-order valence-electron chi connectivity index (χ3n) is 2.40. The molecule has 0 radical (unpaired) electrons. The highest BCUT2D eigenvalue weighted by Crippen LogP contribution is 2.37. The summed E-state index contributed by atoms with van der Waals surface area (Å²) in [5.74, 6) is 0.0959. The van der Waals surface area contributed by atoms with E-state index in [0.29, 0.717) is 0 Å². The van der Waals surface area contributed by atoms with Crippen LogP contribution < -0.4 is 5.73 Å². The molecule has 102 valence electrons. The topological polar surface area (TPSA) is 69.6 Å². The SMILES string of the molecule is CC(N)c1nnnn1-c1c(Cl)cccc1C(F)(F)F. The molecule has 1 unspecified atom stereocenters. The molecule has 0 saturated heterocycles. The molecule has 5 nitrogen and oxygen atoms in total. The predicted molar refractivity (Wildman–Crippen MR) is 61.8 cm³/mol. The van der Waals surface area contributed by atoms with Crippen molar-refractivity contribution in [3.05, 3.63) is 34.6 Å². The van der Waals surface area contributed by atoms with Gasteiger partial charge in [0.25, 0.3) is 0 Å². The fraction of sp³-hybridized carbons (Fsp3) is 0.300. The fourth-order valence-electron chi connectivity index (χ4n) is 1.60. The lowest BCUT2D eigenvalue weighted by Gasteiger charge is -2.15. The number of nitrogens with two attached hydrogens (primary N) is 1. The molecule has 0 bridgehead atoms. The normalized spacial score (nSPS) is 13.6. The van der Waals surface area contributed by atoms with E-state index in [2.05, 4.69) is 15.5 Å². The Labute approximate surface area is 111 Å². The minimum atomic E-state index is -4.57. The largest absolute Gasteiger partial charge is 0.418 e. The van der Waals surface area contributed by atoms with Gasteiger partial charge in [0, 0.05) is 0 Å². The summed E-state index contributed by atoms with van der Waals surface area (Å²) in [4.78, 5) is 0. The molecule has 2 aromatic rings. The van der Waals surface area contributed by atoms with Crippen LogP contribution in [0.4, 0.5) is 13.2 Å². The molecule has 1 heterocycles. The summed E-state index contributed by atoms with van der Waals surface area (Å²) in [5, 5.41) is 10.4. The van der Waals surface area contributed by atoms with Crippen molar-refractivity contribution < 1.29 is 13.2 Å². The quantitative estimate of drug-likeness (QED) is 0.922. The van der Waals surface area contributed by atoms with Gasteiger partial charge in [-0.15, -0.1) is 5.10 Å². The van der Waals surface area contributed by atoms with E-state index in [1.165, 1.54) is 12.1 Å². The minimum Gasteiger partial charge on any atom is -0.321 e. The van der Waals surface area contributed by atoms with Gasteiger partial charge in [0.15, 0.2) is 5.82 Å². The predicted octanol–water partition coefficient (Wildman–Crippen LogP) is 2.35. The second-order valence-corrected chi connectivity index (χ2v) is 4.28. The maximum atomic E-state index is 13.0. The Morgan fingerprint density at radius 1 is 1.37 bits per heavy atom. The van der Waals surface area contributed by atoms with Gasteiger partial charge in [0.1, 0.15) is 0 Å². The Balaban J connectivity index is 2.71. The van der Waals surface area contributed by atoms with Crippen LogP contribution in [0.1, 0.15) is 24.4 Å². The summed E-state index contributed by atoms with van der Waals surface area (Å²) in [7, 11) is 0. The molecule has 1 aromatic carbocycles. The fourth-order valence-corrected chi connectivity index (χ4v) is 1.85. The average molecular weight is 292 g/mol. The van der Waals surface area contributed by atoms with Gasteiger partial charge in [-0.1, -0.05) is 17.7 Å². The van der Waals surface area contributed by atoms with E-state index in [4.69, 9.17) is 17.3 Å². The highest BCUT2D eigenvalue weighted by Gasteiger charge is 2.36. The summed E-state index contributed by atoms with van der Waals surface area (Å²) in [6.45, 7) is 1.56. The summed E-state index contributed by atoms with van der Waals surface area (Å²) in [5.41, 5.74) is 4.37. The van der Waals surface area contributed by atoms with E-state index < -0.39 is 17.8 Å². The molecule has 0 spiro atoms. The van der Waals surface area contributed by atoms with Crippen LogP contribution >= 0.6 is 11.6 Å². The number of benzene rings is 1. The van der Waals surface area contributed by atoms with E-state index in [1.807, 2.05) is 0 Å². The van der Waals surface area contributed by atoms with Crippen molar-refractivity contribution in [1.29, 1.82) is 0 Å². The Hall–Kier alpha value is -1.67. The van der Waals surface area contributed by atoms with Crippen LogP contribution in [-0.2, 0) is 6.18 Å². The van der Waals surface area contributed by atoms with Gasteiger partial charge in [0.2, 0.25) is 0 Å². The van der Waals surface area contributed by atoms with Crippen LogP contribution in [-0.4, -0.2) is 20.2 Å². The van der Waals surface area contributed by atoms with E-state index in [1.54, 1.807) is 6.92 Å². The lowest BCUT2D eigenvalue weighted by Crippen LogP contribution is -2.17. The van der Waals surface area contributed by atoms with Gasteiger partial charge in [-0.3, -0.25) is 0 Å². The third kappa shape index (κ3) is 2.54. The first kappa shape index (κ1) is 13.8. The van der Waals surface area contributed by atoms with E-state index in [0.717, 1.165) is 10.7 Å². The molecular weight excluding hydrogens is 283 g/mol. The van der Waals surface area contributed by atoms with E-state index in [-0.39, 0.29) is 16.5 Å². The number of nitrogens with zero attached hydrogens (tertiary/aromatic N) is 4. The van der Waals surface area contributed by atoms with Crippen molar-refractivity contribution in [2.45, 2.75) is 19.1 Å². The van der Waals surface area contributed by atoms with Gasteiger partial charge in [-0.05, 0) is 29.5 Å². The molecule has 9 heteroatoms. The van der Waals surface area contributed by atoms with Crippen molar-refractivity contribution in [3.63, 3.8) is 0 Å². The zero-order valence-corrected chi connectivity index (χ0v) is 10.4. The van der Waals surface area contributed by atoms with Crippen molar-refractivity contribution in [3.8, 4) is 5.69 Å². The first-order chi connectivity index (χ1) is 8.82. The summed E-state index contributed by atoms with van der Waals surface area (Å²) in [6.07, 6.45) is -4.57. The molecule has 0 fully saturated rings. The molecule has 1 aromatic heterocycles. The second kappa shape index (κ2) is 4.78. The standard InChI is InChI=1S/C10H9ClF3N5/c1-5(15)9-16-17-18-19(9)8-6(10(12,13)14)3-2-4-7(8)11/h2-5H,15H2,1H3. The van der Waals surface area contributed by atoms with E-state index in [9.17, 15) is 13.2 Å². The maximum Gasteiger partial charge on any atom is 0.418 e. The summed E-state index contributed by atoms with van der Waals surface area (Å²) >= 11 is 5.85. The smallest absolute Gasteiger partial charge is 0.321 e. The molecule has 0 saturated carbocycles. The summed E-state index contributed by atoms with van der Waals surface area (Å²) < 4.78 is 39.9. The highest BCUT2D eigenvalue weighted by molar-refractivity contribution is 6.32. The van der Waals surface area contributed by atoms with Gasteiger partial charge < -0.3 is 5.73 Å². The third-order valence-corrected chi connectivity index (χ3v) is 2.71. The molecule has 2 rings (SSSR count). The van der Waals surface area contributed by atoms with Crippen molar-refractivity contribution in [1.82, 2.24) is 20.2 Å². The summed E-state index contributed by atoms with van der Waals surface area (Å²) in [6, 6.07) is 2.82. The van der Waals surface area contributed by atoms with Crippen LogP contribution in [0.2, 0.25) is 5.02 Å². The number of aromatic nitrogens is 4. The van der Waals surface area contributed by atoms with Crippen LogP contribution in [0.3, 0.4) is 0 Å². The monoisotopic (exact) mass is 291 g/mol. The lowest BCUT2D eigenvalue weighted by atomic mass is 10.1. The number of hydrogen-bond acceptors (Lipinski definition) is 4. The highest BCUT2D eigenvalue weighted by atomic mass is 35.5. The van der Waals surface area contributed by atoms with Crippen LogP contribution in [0, 0.1) is 0 Å². The Kier molecular flexibility index (Phi) is 3.46. The second-order valence-electron chi connectivity index (χ2n) is 3.87. The van der Waals surface area contributed by atoms with Crippen LogP contribution in [0.5, 0.6) is 0 Å². The number of rotatable bonds is 2. The van der Waals surface area contributed by atoms with Crippen molar-refractivity contribution in [2.24, 2.45) is 5.73 Å². The zero-order chi connectivity index (χ0) is 14.2. The number of alkyl halides is 3. The van der Waals surface area contributed by atoms with Gasteiger partial charge in [-0.2, -0.15) is 17.9 Å². The molecule has 0 aliphatic heterocycles. The molecule has 1 atom stereocenters. The van der Waals surface area contributed by atoms with Gasteiger partial charge in [0.05, 0.1) is 22.3 Å². The van der Waals surface area contributed by atoms with Crippen molar-refractivity contribution in [2.75, 3.05) is 0 Å². The lowest BCUT2D eigenvalue weighted by molar-refractivity contribution is -0.137. The average Bonchev–Trinajstić information content (AvgIpc) is 2.76. The minimum absolute atomic E-state index is 0.0959. The first-order valence-electron chi connectivity index (χ1n) is 5.22. The Bertz CT molecular complexity index is 593. The van der Waals surface area contributed by atoms with Gasteiger partial charge >= 0.3 is 6.18 Å². The molecule has 2 N–H and O–H groups in total. The van der Waals surface area contributed by atoms with Gasteiger partial charge in [-0.25, -0.2) is 0 Å². The van der Waals surface area contributed by atoms with Crippen LogP contribution in [0.25, 0.3) is 5.69 Å². The number of hydrogen-bond donors (Lipinski definition) is 1. The Morgan fingerprint density at radius 2 is 2.05 bits per heavy atom. The molecular formula is C10H9ClF3N5. The van der Waals surface area contributed by atoms with Crippen LogP contribution in [0.15, 0.2) is 18.2 Å². The number of para-hydroxylation sites is 1. The molecule has 0 aliphatic carbocycles. The molecule has 0 amide bonds. The maximum absolute atomic E-state index is 13.0. The van der Waals surface area contributed by atoms with Crippen molar-refractivity contribution >= 4 is 11.6 Å². The first-order valence-corrected chi connectivity index (χ1v) is 5.60. The zero-order valence-electron chi connectivity index (χ0n) is 9.69. The number of halogens is 4. The molecule has 0 aliphatic rings. The molecule has 19 heavy (non-hydrogen) atoms. The van der Waals surface area contributed by atoms with E-state index >= 15 is 0 Å².